The lowest BCUT2D eigenvalue weighted by Gasteiger charge is -2.36. The fraction of sp³-hybridized carbons (Fsp3) is 0.333. The standard InChI is InChI=1S/C24H26N2OS/c1-28-22-19-12-6-7-13-20(19)25-17-21(22)26-23(27)24(14-8-3-9-15-24)16-18-10-4-2-5-11-18/h2,4-7,10-13,17H,3,8-9,14-16H2,1H3,(H,26,27). The van der Waals surface area contributed by atoms with Gasteiger partial charge in [-0.3, -0.25) is 9.78 Å². The highest BCUT2D eigenvalue weighted by Crippen LogP contribution is 2.41. The van der Waals surface area contributed by atoms with Gasteiger partial charge in [0.1, 0.15) is 0 Å². The molecule has 1 N–H and O–H groups in total. The highest BCUT2D eigenvalue weighted by Gasteiger charge is 2.39. The van der Waals surface area contributed by atoms with E-state index in [0.717, 1.165) is 53.6 Å². The molecule has 28 heavy (non-hydrogen) atoms. The monoisotopic (exact) mass is 390 g/mol. The summed E-state index contributed by atoms with van der Waals surface area (Å²) in [4.78, 5) is 19.2. The predicted molar refractivity (Wildman–Crippen MR) is 118 cm³/mol. The maximum atomic E-state index is 13.5. The topological polar surface area (TPSA) is 42.0 Å². The predicted octanol–water partition coefficient (Wildman–Crippen LogP) is 6.09. The number of carbonyl (C=O) groups is 1. The minimum Gasteiger partial charge on any atom is -0.323 e. The van der Waals surface area contributed by atoms with Crippen molar-refractivity contribution in [2.75, 3.05) is 11.6 Å². The zero-order valence-electron chi connectivity index (χ0n) is 16.3. The van der Waals surface area contributed by atoms with E-state index in [-0.39, 0.29) is 11.3 Å². The quantitative estimate of drug-likeness (QED) is 0.536. The van der Waals surface area contributed by atoms with E-state index in [1.807, 2.05) is 30.5 Å². The molecule has 0 atom stereocenters. The summed E-state index contributed by atoms with van der Waals surface area (Å²) in [6.07, 6.45) is 10.0. The molecule has 3 nitrogen and oxygen atoms in total. The molecule has 1 fully saturated rings. The number of nitrogens with zero attached hydrogens (tertiary/aromatic N) is 1. The van der Waals surface area contributed by atoms with Crippen molar-refractivity contribution in [2.24, 2.45) is 5.41 Å². The van der Waals surface area contributed by atoms with Crippen molar-refractivity contribution in [2.45, 2.75) is 43.4 Å². The van der Waals surface area contributed by atoms with Crippen molar-refractivity contribution in [1.82, 2.24) is 4.98 Å². The maximum Gasteiger partial charge on any atom is 0.230 e. The summed E-state index contributed by atoms with van der Waals surface area (Å²) in [6, 6.07) is 18.5. The first-order valence-electron chi connectivity index (χ1n) is 9.99. The molecule has 0 radical (unpaired) electrons. The number of para-hydroxylation sites is 1. The van der Waals surface area contributed by atoms with Gasteiger partial charge in [-0.2, -0.15) is 0 Å². The van der Waals surface area contributed by atoms with Gasteiger partial charge in [0.2, 0.25) is 5.91 Å². The van der Waals surface area contributed by atoms with Gasteiger partial charge in [-0.05, 0) is 37.1 Å². The Morgan fingerprint density at radius 3 is 2.50 bits per heavy atom. The van der Waals surface area contributed by atoms with Crippen molar-refractivity contribution < 1.29 is 4.79 Å². The van der Waals surface area contributed by atoms with E-state index < -0.39 is 0 Å². The van der Waals surface area contributed by atoms with Gasteiger partial charge < -0.3 is 5.32 Å². The third-order valence-corrected chi connectivity index (χ3v) is 6.70. The van der Waals surface area contributed by atoms with Crippen LogP contribution in [-0.4, -0.2) is 17.1 Å². The van der Waals surface area contributed by atoms with E-state index in [2.05, 4.69) is 46.9 Å². The molecule has 1 aliphatic rings. The zero-order valence-corrected chi connectivity index (χ0v) is 17.1. The van der Waals surface area contributed by atoms with Crippen LogP contribution < -0.4 is 5.32 Å². The summed E-state index contributed by atoms with van der Waals surface area (Å²) in [7, 11) is 0. The van der Waals surface area contributed by atoms with Crippen molar-refractivity contribution in [3.63, 3.8) is 0 Å². The molecule has 0 bridgehead atoms. The first-order chi connectivity index (χ1) is 13.7. The summed E-state index contributed by atoms with van der Waals surface area (Å²) in [6.45, 7) is 0. The van der Waals surface area contributed by atoms with Gasteiger partial charge in [-0.15, -0.1) is 11.8 Å². The Bertz CT molecular complexity index is 965. The minimum atomic E-state index is -0.332. The first kappa shape index (κ1) is 19.0. The fourth-order valence-corrected chi connectivity index (χ4v) is 5.10. The third-order valence-electron chi connectivity index (χ3n) is 5.86. The van der Waals surface area contributed by atoms with Gasteiger partial charge in [0.05, 0.1) is 22.8 Å². The van der Waals surface area contributed by atoms with Crippen LogP contribution in [-0.2, 0) is 11.2 Å². The van der Waals surface area contributed by atoms with Crippen LogP contribution >= 0.6 is 11.8 Å². The van der Waals surface area contributed by atoms with E-state index in [9.17, 15) is 4.79 Å². The number of aromatic nitrogens is 1. The maximum absolute atomic E-state index is 13.5. The van der Waals surface area contributed by atoms with Crippen LogP contribution in [0.3, 0.4) is 0 Å². The Balaban J connectivity index is 1.66. The summed E-state index contributed by atoms with van der Waals surface area (Å²) < 4.78 is 0. The molecule has 1 amide bonds. The Kier molecular flexibility index (Phi) is 5.67. The lowest BCUT2D eigenvalue weighted by atomic mass is 9.69. The Morgan fingerprint density at radius 1 is 1.04 bits per heavy atom. The molecule has 3 aromatic rings. The molecule has 1 saturated carbocycles. The van der Waals surface area contributed by atoms with Crippen LogP contribution in [0.1, 0.15) is 37.7 Å². The zero-order chi connectivity index (χ0) is 19.4. The molecule has 0 spiro atoms. The Labute approximate surface area is 171 Å². The number of fused-ring (bicyclic) bond motifs is 1. The molecule has 0 saturated heterocycles. The molecule has 0 aliphatic heterocycles. The molecular formula is C24H26N2OS. The normalized spacial score (nSPS) is 16.0. The molecular weight excluding hydrogens is 364 g/mol. The van der Waals surface area contributed by atoms with Crippen LogP contribution in [0.2, 0.25) is 0 Å². The van der Waals surface area contributed by atoms with Crippen molar-refractivity contribution in [3.8, 4) is 0 Å². The number of pyridine rings is 1. The molecule has 1 aliphatic carbocycles. The molecule has 2 aromatic carbocycles. The SMILES string of the molecule is CSc1c(NC(=O)C2(Cc3ccccc3)CCCCC2)cnc2ccccc12. The molecule has 1 heterocycles. The average Bonchev–Trinajstić information content (AvgIpc) is 2.75. The van der Waals surface area contributed by atoms with Gasteiger partial charge >= 0.3 is 0 Å². The van der Waals surface area contributed by atoms with Gasteiger partial charge in [0, 0.05) is 10.3 Å². The number of thioether (sulfide) groups is 1. The van der Waals surface area contributed by atoms with Crippen LogP contribution in [0.5, 0.6) is 0 Å². The summed E-state index contributed by atoms with van der Waals surface area (Å²) in [5.41, 5.74) is 2.69. The first-order valence-corrected chi connectivity index (χ1v) is 11.2. The number of benzene rings is 2. The van der Waals surface area contributed by atoms with Crippen molar-refractivity contribution in [3.05, 3.63) is 66.4 Å². The van der Waals surface area contributed by atoms with Gasteiger partial charge in [-0.25, -0.2) is 0 Å². The fourth-order valence-electron chi connectivity index (χ4n) is 4.38. The lowest BCUT2D eigenvalue weighted by Crippen LogP contribution is -2.40. The van der Waals surface area contributed by atoms with Gasteiger partial charge in [-0.1, -0.05) is 67.8 Å². The number of rotatable bonds is 5. The van der Waals surface area contributed by atoms with Crippen molar-refractivity contribution in [1.29, 1.82) is 0 Å². The molecule has 4 rings (SSSR count). The van der Waals surface area contributed by atoms with Crippen LogP contribution in [0.4, 0.5) is 5.69 Å². The molecule has 4 heteroatoms. The number of hydrogen-bond acceptors (Lipinski definition) is 3. The van der Waals surface area contributed by atoms with Gasteiger partial charge in [0.25, 0.3) is 0 Å². The average molecular weight is 391 g/mol. The van der Waals surface area contributed by atoms with Crippen LogP contribution in [0.15, 0.2) is 65.7 Å². The third kappa shape index (κ3) is 3.79. The van der Waals surface area contributed by atoms with Crippen molar-refractivity contribution >= 4 is 34.3 Å². The number of anilines is 1. The van der Waals surface area contributed by atoms with E-state index in [1.165, 1.54) is 12.0 Å². The Hall–Kier alpha value is -2.33. The van der Waals surface area contributed by atoms with E-state index in [1.54, 1.807) is 11.8 Å². The summed E-state index contributed by atoms with van der Waals surface area (Å²) in [5.74, 6) is 0.142. The summed E-state index contributed by atoms with van der Waals surface area (Å²) >= 11 is 1.66. The second-order valence-corrected chi connectivity index (χ2v) is 8.50. The number of hydrogen-bond donors (Lipinski definition) is 1. The highest BCUT2D eigenvalue weighted by atomic mass is 32.2. The second kappa shape index (κ2) is 8.36. The molecule has 0 unspecified atom stereocenters. The molecule has 144 valence electrons. The number of carbonyl (C=O) groups excluding carboxylic acids is 1. The van der Waals surface area contributed by atoms with Crippen LogP contribution in [0, 0.1) is 5.41 Å². The van der Waals surface area contributed by atoms with E-state index in [4.69, 9.17) is 0 Å². The highest BCUT2D eigenvalue weighted by molar-refractivity contribution is 7.99. The minimum absolute atomic E-state index is 0.142. The number of nitrogens with one attached hydrogen (secondary N) is 1. The molecule has 1 aromatic heterocycles. The number of amides is 1. The smallest absolute Gasteiger partial charge is 0.230 e. The van der Waals surface area contributed by atoms with Crippen LogP contribution in [0.25, 0.3) is 10.9 Å². The Morgan fingerprint density at radius 2 is 1.75 bits per heavy atom. The van der Waals surface area contributed by atoms with E-state index >= 15 is 0 Å². The largest absolute Gasteiger partial charge is 0.323 e. The summed E-state index contributed by atoms with van der Waals surface area (Å²) in [5, 5.41) is 4.35. The van der Waals surface area contributed by atoms with Gasteiger partial charge in [0.15, 0.2) is 0 Å². The lowest BCUT2D eigenvalue weighted by molar-refractivity contribution is -0.127. The van der Waals surface area contributed by atoms with E-state index in [0.29, 0.717) is 0 Å². The second-order valence-electron chi connectivity index (χ2n) is 7.68.